The smallest absolute Gasteiger partial charge is 0.326 e. The Bertz CT molecular complexity index is 4040. The number of amides is 13. The van der Waals surface area contributed by atoms with Crippen LogP contribution in [0.1, 0.15) is 122 Å². The molecule has 1 fully saturated rings. The molecule has 13 amide bonds. The van der Waals surface area contributed by atoms with Gasteiger partial charge in [-0.1, -0.05) is 87.7 Å². The molecule has 24 N–H and O–H groups in total. The minimum absolute atomic E-state index is 0.0486. The van der Waals surface area contributed by atoms with Crippen molar-refractivity contribution >= 4 is 129 Å². The molecule has 2 aromatic heterocycles. The molecule has 620 valence electrons. The van der Waals surface area contributed by atoms with Gasteiger partial charge < -0.3 is 107 Å². The summed E-state index contributed by atoms with van der Waals surface area (Å²) in [5.41, 5.74) is 31.2. The van der Waals surface area contributed by atoms with E-state index in [9.17, 15) is 72.9 Å². The molecular formula is C72H107N21O18S2. The number of hydrogen-bond donors (Lipinski definition) is 19. The molecule has 1 aliphatic heterocycles. The van der Waals surface area contributed by atoms with Gasteiger partial charge in [-0.15, -0.1) is 5.10 Å². The van der Waals surface area contributed by atoms with Crippen molar-refractivity contribution in [2.24, 2.45) is 45.5 Å². The number of carbonyl (C=O) groups is 15. The summed E-state index contributed by atoms with van der Waals surface area (Å²) in [6.07, 6.45) is 3.97. The molecule has 39 nitrogen and oxygen atoms in total. The van der Waals surface area contributed by atoms with Gasteiger partial charge in [-0.3, -0.25) is 72.1 Å². The van der Waals surface area contributed by atoms with Crippen LogP contribution < -0.4 is 81.8 Å². The highest BCUT2D eigenvalue weighted by molar-refractivity contribution is 7.98. The predicted molar refractivity (Wildman–Crippen MR) is 418 cm³/mol. The molecule has 0 unspecified atom stereocenters. The van der Waals surface area contributed by atoms with Crippen LogP contribution in [-0.2, 0) is 78.3 Å². The molecule has 3 heterocycles. The maximum Gasteiger partial charge on any atom is 0.326 e. The number of nitrogens with zero attached hydrogens (tertiary/aromatic N) is 5. The van der Waals surface area contributed by atoms with E-state index in [2.05, 4.69) is 73.5 Å². The first-order valence-electron chi connectivity index (χ1n) is 36.8. The van der Waals surface area contributed by atoms with E-state index in [0.29, 0.717) is 52.1 Å². The summed E-state index contributed by atoms with van der Waals surface area (Å²) in [5.74, 6) is -17.0. The van der Waals surface area contributed by atoms with Crippen LogP contribution >= 0.6 is 23.5 Å². The minimum atomic E-state index is -1.95. The number of nitrogens with one attached hydrogen (secondary N) is 11. The first-order valence-corrected chi connectivity index (χ1v) is 39.6. The molecule has 5 rings (SSSR count). The third-order valence-corrected chi connectivity index (χ3v) is 20.4. The number of H-pyrrole nitrogens is 1. The Kier molecular flexibility index (Phi) is 37.3. The van der Waals surface area contributed by atoms with Crippen LogP contribution in [0.3, 0.4) is 0 Å². The Balaban J connectivity index is 1.48. The van der Waals surface area contributed by atoms with Gasteiger partial charge in [0, 0.05) is 55.0 Å². The summed E-state index contributed by atoms with van der Waals surface area (Å²) >= 11 is 2.70. The largest absolute Gasteiger partial charge is 0.481 e. The average Bonchev–Trinajstić information content (AvgIpc) is 1.63. The molecule has 0 bridgehead atoms. The van der Waals surface area contributed by atoms with E-state index in [1.165, 1.54) is 35.1 Å². The van der Waals surface area contributed by atoms with Crippen LogP contribution in [0.15, 0.2) is 65.9 Å². The summed E-state index contributed by atoms with van der Waals surface area (Å²) in [6.45, 7) is 8.40. The molecule has 15 atom stereocenters. The number of primary amides is 2. The van der Waals surface area contributed by atoms with Gasteiger partial charge in [0.05, 0.1) is 37.7 Å². The number of aromatic amines is 1. The van der Waals surface area contributed by atoms with E-state index >= 15 is 14.4 Å². The fourth-order valence-electron chi connectivity index (χ4n) is 12.2. The highest BCUT2D eigenvalue weighted by atomic mass is 32.2. The fourth-order valence-corrected chi connectivity index (χ4v) is 13.1. The molecule has 0 spiro atoms. The minimum Gasteiger partial charge on any atom is -0.481 e. The third-order valence-electron chi connectivity index (χ3n) is 19.1. The molecule has 1 aliphatic rings. The second-order valence-electron chi connectivity index (χ2n) is 27.7. The standard InChI is InChI=1S/C72H107N21O18S2/c1-9-37(4)58(88-61(100)44(73)18-14-24-78-72(76)77)69(108)86-50(30-55(74)95)65(104)84-51(31-56(75)96)66(105)89-59(38(5)10-2)70(109)92-33-42(93-34-52(90-91-93)40-16-13-15-36(3)27-40)29-54(92)68(107)85-49(28-41-32-79-45-19-12-11-17-43(41)45)64(103)87-53(35-94)67(106)82-46(20-21-57(97)98)62(101)80-39(6)60(99)81-47(22-25-112-7)63(102)83-48(71(110)111)23-26-113-8/h11-13,15-17,19,27,32,34,37-39,42,44,46-51,53-54,58-59,79,94H,9-10,14,18,20-26,28-31,33,35,73H2,1-8H3,(H2,74,95)(H2,75,96)(H,80,101)(H,81,99)(H,82,106)(H,83,102)(H,84,104)(H,85,107)(H,86,108)(H,87,103)(H,88,100)(H,89,105)(H,97,98)(H,110,111)(H4,76,77,78)/t37-,38-,39-,42-,44-,46-,47-,48-,49-,50-,51-,53-,54-,58-,59-/m0/s1. The number of aliphatic hydroxyl groups excluding tert-OH is 1. The lowest BCUT2D eigenvalue weighted by atomic mass is 9.96. The van der Waals surface area contributed by atoms with E-state index in [4.69, 9.17) is 28.7 Å². The number of likely N-dealkylation sites (tertiary alicyclic amines) is 1. The van der Waals surface area contributed by atoms with Gasteiger partial charge in [-0.05, 0) is 99.5 Å². The number of hydrogen-bond acceptors (Lipinski definition) is 22. The van der Waals surface area contributed by atoms with Crippen molar-refractivity contribution in [2.45, 2.75) is 197 Å². The second-order valence-corrected chi connectivity index (χ2v) is 29.7. The van der Waals surface area contributed by atoms with Gasteiger partial charge in [0.2, 0.25) is 76.8 Å². The molecular weight excluding hydrogens is 1510 g/mol. The summed E-state index contributed by atoms with van der Waals surface area (Å²) < 4.78 is 1.44. The number of aryl methyl sites for hydroxylation is 1. The van der Waals surface area contributed by atoms with Crippen molar-refractivity contribution in [1.29, 1.82) is 0 Å². The number of thioether (sulfide) groups is 2. The first-order chi connectivity index (χ1) is 53.5. The third kappa shape index (κ3) is 28.6. The summed E-state index contributed by atoms with van der Waals surface area (Å²) in [4.78, 5) is 216. The van der Waals surface area contributed by atoms with E-state index in [0.717, 1.165) is 10.5 Å². The Morgan fingerprint density at radius 3 is 1.76 bits per heavy atom. The lowest BCUT2D eigenvalue weighted by molar-refractivity contribution is -0.144. The molecule has 2 aromatic carbocycles. The number of aliphatic hydroxyl groups is 1. The first kappa shape index (κ1) is 92.7. The Morgan fingerprint density at radius 1 is 0.619 bits per heavy atom. The summed E-state index contributed by atoms with van der Waals surface area (Å²) in [5, 5.41) is 64.5. The number of nitrogens with two attached hydrogens (primary N) is 5. The van der Waals surface area contributed by atoms with E-state index in [-0.39, 0.29) is 57.6 Å². The van der Waals surface area contributed by atoms with Gasteiger partial charge >= 0.3 is 11.9 Å². The van der Waals surface area contributed by atoms with Crippen LogP contribution in [0.2, 0.25) is 0 Å². The van der Waals surface area contributed by atoms with Crippen LogP contribution in [0.4, 0.5) is 0 Å². The zero-order chi connectivity index (χ0) is 83.9. The second kappa shape index (κ2) is 45.5. The van der Waals surface area contributed by atoms with Gasteiger partial charge in [0.25, 0.3) is 0 Å². The number of aromatic nitrogens is 4. The van der Waals surface area contributed by atoms with E-state index in [1.807, 2.05) is 25.1 Å². The maximum absolute atomic E-state index is 15.7. The Hall–Kier alpha value is -10.9. The molecule has 1 saturated heterocycles. The van der Waals surface area contributed by atoms with Crippen molar-refractivity contribution in [2.75, 3.05) is 43.7 Å². The molecule has 0 radical (unpaired) electrons. The number of guanidine groups is 1. The number of para-hydroxylation sites is 1. The molecule has 0 aliphatic carbocycles. The zero-order valence-corrected chi connectivity index (χ0v) is 66.0. The van der Waals surface area contributed by atoms with Crippen molar-refractivity contribution < 1.29 is 87.2 Å². The highest BCUT2D eigenvalue weighted by Gasteiger charge is 2.46. The summed E-state index contributed by atoms with van der Waals surface area (Å²) in [7, 11) is 0. The number of carbonyl (C=O) groups excluding carboxylic acids is 13. The lowest BCUT2D eigenvalue weighted by Crippen LogP contribution is -2.62. The Morgan fingerprint density at radius 2 is 1.16 bits per heavy atom. The van der Waals surface area contributed by atoms with Gasteiger partial charge in [-0.2, -0.15) is 23.5 Å². The molecule has 41 heteroatoms. The highest BCUT2D eigenvalue weighted by Crippen LogP contribution is 2.31. The number of benzene rings is 2. The number of aliphatic imine (C=N–C) groups is 1. The van der Waals surface area contributed by atoms with Crippen LogP contribution in [-0.4, -0.2) is 251 Å². The van der Waals surface area contributed by atoms with Crippen molar-refractivity contribution in [3.8, 4) is 11.3 Å². The number of carboxylic acid groups (broad SMARTS) is 2. The van der Waals surface area contributed by atoms with E-state index in [1.54, 1.807) is 82.9 Å². The SMILES string of the molecule is CC[C@H](C)[C@H](NC(=O)[C@@H](N)CCCN=C(N)N)C(=O)N[C@@H](CC(N)=O)C(=O)N[C@@H](CC(N)=O)C(=O)N[C@H](C(=O)N1C[C@@H](n2cc(-c3cccc(C)c3)nn2)C[C@H]1C(=O)N[C@@H](Cc1c[nH]c2ccccc12)C(=O)N[C@@H](CO)C(=O)N[C@@H](CCC(=O)O)C(=O)N[C@@H](C)C(=O)N[C@@H](CCSC)C(=O)N[C@@H](CCSC)C(=O)O)[C@@H](C)CC. The molecule has 4 aromatic rings. The van der Waals surface area contributed by atoms with Crippen LogP contribution in [0.5, 0.6) is 0 Å². The van der Waals surface area contributed by atoms with Gasteiger partial charge in [0.1, 0.15) is 72.2 Å². The van der Waals surface area contributed by atoms with Crippen LogP contribution in [0, 0.1) is 18.8 Å². The normalized spacial score (nSPS) is 16.7. The predicted octanol–water partition coefficient (Wildman–Crippen LogP) is -3.34. The number of aliphatic carboxylic acids is 2. The van der Waals surface area contributed by atoms with Gasteiger partial charge in [0.15, 0.2) is 5.96 Å². The quantitative estimate of drug-likeness (QED) is 0.0117. The number of carboxylic acids is 2. The number of fused-ring (bicyclic) bond motifs is 1. The molecule has 0 saturated carbocycles. The Labute approximate surface area is 661 Å². The van der Waals surface area contributed by atoms with Crippen molar-refractivity contribution in [3.63, 3.8) is 0 Å². The van der Waals surface area contributed by atoms with Crippen molar-refractivity contribution in [3.05, 3.63) is 72.1 Å². The number of rotatable bonds is 48. The summed E-state index contributed by atoms with van der Waals surface area (Å²) in [6, 6.07) is -5.44. The van der Waals surface area contributed by atoms with E-state index < -0.39 is 211 Å². The zero-order valence-electron chi connectivity index (χ0n) is 64.4. The molecule has 113 heavy (non-hydrogen) atoms. The van der Waals surface area contributed by atoms with Gasteiger partial charge in [-0.25, -0.2) is 9.48 Å². The topological polar surface area (TPSA) is 629 Å². The van der Waals surface area contributed by atoms with Crippen LogP contribution in [0.25, 0.3) is 22.2 Å². The van der Waals surface area contributed by atoms with Crippen molar-refractivity contribution in [1.82, 2.24) is 78.0 Å². The lowest BCUT2D eigenvalue weighted by Gasteiger charge is -2.33. The maximum atomic E-state index is 15.7. The average molecular weight is 1620 g/mol. The fraction of sp³-hybridized carbons (Fsp3) is 0.556. The monoisotopic (exact) mass is 1620 g/mol.